The first-order valence-corrected chi connectivity index (χ1v) is 10.1. The van der Waals surface area contributed by atoms with Crippen LogP contribution in [0.3, 0.4) is 0 Å². The zero-order valence-electron chi connectivity index (χ0n) is 18.1. The summed E-state index contributed by atoms with van der Waals surface area (Å²) in [6.07, 6.45) is 3.93. The SMILES string of the molecule is CO[C@@H]1C=C[C@H](C)N2CN1n1cc(C(=O)NCc3c(F)cc(C)cc3F)c(=O)c(O)c1C2=O. The Morgan fingerprint density at radius 3 is 2.55 bits per heavy atom. The van der Waals surface area contributed by atoms with Crippen molar-refractivity contribution < 1.29 is 28.2 Å². The van der Waals surface area contributed by atoms with Crippen LogP contribution in [-0.4, -0.2) is 52.5 Å². The summed E-state index contributed by atoms with van der Waals surface area (Å²) in [6, 6.07) is 1.92. The molecule has 9 nitrogen and oxygen atoms in total. The molecule has 2 aromatic rings. The second-order valence-electron chi connectivity index (χ2n) is 7.91. The standard InChI is InChI=1S/C22H22F2N4O5/c1-11-6-15(23)13(16(24)7-11)8-25-21(31)14-9-27-18(20(30)19(14)29)22(32)26-10-28(27)17(33-3)5-4-12(26)2/h4-7,9,12,17,30H,8,10H2,1-3H3,(H,25,31)/t12-,17+/m0/s1. The Morgan fingerprint density at radius 2 is 1.91 bits per heavy atom. The van der Waals surface area contributed by atoms with Gasteiger partial charge >= 0.3 is 0 Å². The molecule has 3 heterocycles. The number of halogens is 2. The van der Waals surface area contributed by atoms with E-state index in [-0.39, 0.29) is 24.0 Å². The molecule has 4 rings (SSSR count). The Kier molecular flexibility index (Phi) is 5.66. The highest BCUT2D eigenvalue weighted by Crippen LogP contribution is 2.26. The third-order valence-corrected chi connectivity index (χ3v) is 5.74. The Bertz CT molecular complexity index is 1220. The number of rotatable bonds is 4. The molecule has 0 aliphatic carbocycles. The van der Waals surface area contributed by atoms with E-state index in [1.54, 1.807) is 24.1 Å². The lowest BCUT2D eigenvalue weighted by molar-refractivity contribution is 0.0543. The number of hydrogen-bond donors (Lipinski definition) is 2. The molecule has 2 aliphatic rings. The molecule has 2 amide bonds. The molecule has 2 bridgehead atoms. The number of hydrogen-bond acceptors (Lipinski definition) is 6. The molecule has 2 N–H and O–H groups in total. The van der Waals surface area contributed by atoms with Gasteiger partial charge in [-0.1, -0.05) is 6.08 Å². The summed E-state index contributed by atoms with van der Waals surface area (Å²) in [5.74, 6) is -4.13. The van der Waals surface area contributed by atoms with Crippen molar-refractivity contribution in [1.82, 2.24) is 14.9 Å². The number of ether oxygens (including phenoxy) is 1. The van der Waals surface area contributed by atoms with Crippen LogP contribution >= 0.6 is 0 Å². The van der Waals surface area contributed by atoms with Crippen LogP contribution in [0.4, 0.5) is 8.78 Å². The molecule has 0 saturated carbocycles. The van der Waals surface area contributed by atoms with Crippen molar-refractivity contribution in [1.29, 1.82) is 0 Å². The number of aromatic hydroxyl groups is 1. The van der Waals surface area contributed by atoms with Crippen molar-refractivity contribution in [3.63, 3.8) is 0 Å². The molecule has 11 heteroatoms. The lowest BCUT2D eigenvalue weighted by Crippen LogP contribution is -2.58. The molecule has 1 aromatic carbocycles. The zero-order chi connectivity index (χ0) is 24.0. The van der Waals surface area contributed by atoms with Crippen molar-refractivity contribution >= 4 is 11.8 Å². The van der Waals surface area contributed by atoms with Gasteiger partial charge in [0.05, 0.1) is 0 Å². The molecule has 0 fully saturated rings. The number of nitrogens with zero attached hydrogens (tertiary/aromatic N) is 3. The molecule has 1 aromatic heterocycles. The number of carbonyl (C=O) groups is 2. The van der Waals surface area contributed by atoms with Crippen LogP contribution in [0, 0.1) is 18.6 Å². The number of benzene rings is 1. The van der Waals surface area contributed by atoms with Gasteiger partial charge in [-0.05, 0) is 37.6 Å². The first-order valence-electron chi connectivity index (χ1n) is 10.1. The quantitative estimate of drug-likeness (QED) is 0.668. The lowest BCUT2D eigenvalue weighted by atomic mass is 10.1. The van der Waals surface area contributed by atoms with E-state index in [4.69, 9.17) is 4.74 Å². The van der Waals surface area contributed by atoms with Crippen molar-refractivity contribution in [2.75, 3.05) is 18.8 Å². The second kappa shape index (κ2) is 8.32. The first-order chi connectivity index (χ1) is 15.6. The minimum Gasteiger partial charge on any atom is -0.502 e. The van der Waals surface area contributed by atoms with Crippen molar-refractivity contribution in [3.8, 4) is 5.75 Å². The number of fused-ring (bicyclic) bond motifs is 4. The highest BCUT2D eigenvalue weighted by molar-refractivity contribution is 5.99. The zero-order valence-corrected chi connectivity index (χ0v) is 18.1. The number of carbonyl (C=O) groups excluding carboxylic acids is 2. The summed E-state index contributed by atoms with van der Waals surface area (Å²) in [4.78, 5) is 39.9. The summed E-state index contributed by atoms with van der Waals surface area (Å²) >= 11 is 0. The topological polar surface area (TPSA) is 104 Å². The molecule has 2 aliphatic heterocycles. The number of aromatic nitrogens is 1. The highest BCUT2D eigenvalue weighted by Gasteiger charge is 2.39. The van der Waals surface area contributed by atoms with Gasteiger partial charge in [-0.3, -0.25) is 24.1 Å². The van der Waals surface area contributed by atoms with E-state index in [2.05, 4.69) is 5.32 Å². The molecule has 0 radical (unpaired) electrons. The van der Waals surface area contributed by atoms with Gasteiger partial charge in [0.1, 0.15) is 23.9 Å². The van der Waals surface area contributed by atoms with E-state index in [9.17, 15) is 28.3 Å². The Morgan fingerprint density at radius 1 is 1.24 bits per heavy atom. The molecule has 0 saturated heterocycles. The smallest absolute Gasteiger partial charge is 0.278 e. The minimum absolute atomic E-state index is 0.0711. The van der Waals surface area contributed by atoms with Crippen LogP contribution in [0.5, 0.6) is 5.75 Å². The second-order valence-corrected chi connectivity index (χ2v) is 7.91. The normalized spacial score (nSPS) is 19.4. The van der Waals surface area contributed by atoms with Gasteiger partial charge in [0, 0.05) is 31.5 Å². The third-order valence-electron chi connectivity index (χ3n) is 5.74. The van der Waals surface area contributed by atoms with Gasteiger partial charge in [0.25, 0.3) is 11.8 Å². The van der Waals surface area contributed by atoms with Crippen LogP contribution in [0.2, 0.25) is 0 Å². The summed E-state index contributed by atoms with van der Waals surface area (Å²) in [5.41, 5.74) is -1.87. The number of aryl methyl sites for hydroxylation is 1. The molecule has 2 atom stereocenters. The molecule has 174 valence electrons. The lowest BCUT2D eigenvalue weighted by Gasteiger charge is -2.41. The maximum atomic E-state index is 14.1. The van der Waals surface area contributed by atoms with Crippen molar-refractivity contribution in [2.24, 2.45) is 0 Å². The highest BCUT2D eigenvalue weighted by atomic mass is 19.1. The number of methoxy groups -OCH3 is 1. The third kappa shape index (κ3) is 3.74. The van der Waals surface area contributed by atoms with E-state index in [1.165, 1.54) is 23.6 Å². The summed E-state index contributed by atoms with van der Waals surface area (Å²) in [5, 5.41) is 14.4. The summed E-state index contributed by atoms with van der Waals surface area (Å²) in [6.45, 7) is 2.86. The fourth-order valence-corrected chi connectivity index (χ4v) is 3.92. The molecule has 0 spiro atoms. The minimum atomic E-state index is -1.08. The van der Waals surface area contributed by atoms with Gasteiger partial charge in [0.2, 0.25) is 5.43 Å². The fraction of sp³-hybridized carbons (Fsp3) is 0.318. The molecule has 33 heavy (non-hydrogen) atoms. The Balaban J connectivity index is 1.72. The van der Waals surface area contributed by atoms with E-state index in [0.717, 1.165) is 18.3 Å². The Labute approximate surface area is 187 Å². The van der Waals surface area contributed by atoms with Crippen LogP contribution in [-0.2, 0) is 11.3 Å². The van der Waals surface area contributed by atoms with Crippen LogP contribution in [0.15, 0.2) is 35.3 Å². The van der Waals surface area contributed by atoms with E-state index < -0.39 is 53.0 Å². The predicted octanol–water partition coefficient (Wildman–Crippen LogP) is 1.35. The van der Waals surface area contributed by atoms with Gasteiger partial charge in [-0.25, -0.2) is 8.78 Å². The molecule has 0 unspecified atom stereocenters. The average molecular weight is 460 g/mol. The van der Waals surface area contributed by atoms with Crippen LogP contribution in [0.25, 0.3) is 0 Å². The molecular formula is C22H22F2N4O5. The van der Waals surface area contributed by atoms with Gasteiger partial charge in [-0.2, -0.15) is 0 Å². The van der Waals surface area contributed by atoms with Crippen LogP contribution in [0.1, 0.15) is 38.9 Å². The monoisotopic (exact) mass is 460 g/mol. The fourth-order valence-electron chi connectivity index (χ4n) is 3.92. The van der Waals surface area contributed by atoms with Crippen molar-refractivity contribution in [2.45, 2.75) is 32.7 Å². The first kappa shape index (κ1) is 22.5. The Hall–Kier alpha value is -3.73. The van der Waals surface area contributed by atoms with Gasteiger partial charge < -0.3 is 20.1 Å². The average Bonchev–Trinajstić information content (AvgIpc) is 2.90. The largest absolute Gasteiger partial charge is 0.502 e. The van der Waals surface area contributed by atoms with E-state index in [0.29, 0.717) is 5.56 Å². The van der Waals surface area contributed by atoms with Gasteiger partial charge in [0.15, 0.2) is 17.7 Å². The number of amides is 2. The van der Waals surface area contributed by atoms with E-state index >= 15 is 0 Å². The molecular weight excluding hydrogens is 438 g/mol. The summed E-state index contributed by atoms with van der Waals surface area (Å²) < 4.78 is 34.9. The number of nitrogens with one attached hydrogen (secondary N) is 1. The summed E-state index contributed by atoms with van der Waals surface area (Å²) in [7, 11) is 1.45. The van der Waals surface area contributed by atoms with Gasteiger partial charge in [-0.15, -0.1) is 0 Å². The predicted molar refractivity (Wildman–Crippen MR) is 113 cm³/mol. The van der Waals surface area contributed by atoms with Crippen molar-refractivity contribution in [3.05, 3.63) is 74.7 Å². The maximum absolute atomic E-state index is 14.1. The number of pyridine rings is 1. The maximum Gasteiger partial charge on any atom is 0.278 e. The van der Waals surface area contributed by atoms with Crippen LogP contribution < -0.4 is 15.8 Å². The van der Waals surface area contributed by atoms with E-state index in [1.807, 2.05) is 0 Å².